The largest absolute Gasteiger partial charge is 0.376 e. The maximum Gasteiger partial charge on any atom is 0.221 e. The van der Waals surface area contributed by atoms with E-state index in [-0.39, 0.29) is 12.6 Å². The molecule has 1 N–H and O–H groups in total. The van der Waals surface area contributed by atoms with Crippen molar-refractivity contribution >= 4 is 5.91 Å². The lowest BCUT2D eigenvalue weighted by molar-refractivity contribution is -0.132. The molecule has 0 saturated carbocycles. The molecule has 3 heteroatoms. The number of rotatable bonds is 12. The van der Waals surface area contributed by atoms with Crippen LogP contribution in [0.1, 0.15) is 69.9 Å². The molecule has 1 aromatic rings. The molecule has 0 aliphatic carbocycles. The van der Waals surface area contributed by atoms with E-state index >= 15 is 0 Å². The molecule has 0 fully saturated rings. The SMILES string of the molecule is CCCCCCCCc1ccccc1CCCN(CO)C(C)=O. The van der Waals surface area contributed by atoms with Crippen LogP contribution in [0, 0.1) is 0 Å². The van der Waals surface area contributed by atoms with E-state index < -0.39 is 0 Å². The van der Waals surface area contributed by atoms with Crippen molar-refractivity contribution in [1.82, 2.24) is 4.90 Å². The van der Waals surface area contributed by atoms with Crippen molar-refractivity contribution in [2.75, 3.05) is 13.3 Å². The molecular formula is C20H33NO2. The minimum absolute atomic E-state index is 0.0622. The van der Waals surface area contributed by atoms with Crippen LogP contribution >= 0.6 is 0 Å². The van der Waals surface area contributed by atoms with Gasteiger partial charge in [0.15, 0.2) is 0 Å². The van der Waals surface area contributed by atoms with Gasteiger partial charge in [-0.15, -0.1) is 0 Å². The Bertz CT molecular complexity index is 445. The van der Waals surface area contributed by atoms with Gasteiger partial charge < -0.3 is 10.0 Å². The highest BCUT2D eigenvalue weighted by molar-refractivity contribution is 5.72. The van der Waals surface area contributed by atoms with Crippen molar-refractivity contribution in [3.8, 4) is 0 Å². The fraction of sp³-hybridized carbons (Fsp3) is 0.650. The number of benzene rings is 1. The molecule has 3 nitrogen and oxygen atoms in total. The molecular weight excluding hydrogens is 286 g/mol. The topological polar surface area (TPSA) is 40.5 Å². The number of carbonyl (C=O) groups excluding carboxylic acids is 1. The molecule has 0 aromatic heterocycles. The molecule has 0 unspecified atom stereocenters. The number of nitrogens with zero attached hydrogens (tertiary/aromatic N) is 1. The molecule has 0 spiro atoms. The standard InChI is InChI=1S/C20H33NO2/c1-3-4-5-6-7-8-12-19-13-9-10-14-20(19)15-11-16-21(17-22)18(2)23/h9-10,13-14,22H,3-8,11-12,15-17H2,1-2H3. The molecule has 0 bridgehead atoms. The zero-order valence-corrected chi connectivity index (χ0v) is 14.9. The molecule has 0 atom stereocenters. The van der Waals surface area contributed by atoms with Gasteiger partial charge in [0, 0.05) is 13.5 Å². The summed E-state index contributed by atoms with van der Waals surface area (Å²) < 4.78 is 0. The summed E-state index contributed by atoms with van der Waals surface area (Å²) in [5, 5.41) is 9.16. The number of hydrogen-bond acceptors (Lipinski definition) is 2. The van der Waals surface area contributed by atoms with E-state index in [0.717, 1.165) is 19.3 Å². The van der Waals surface area contributed by atoms with Gasteiger partial charge in [0.1, 0.15) is 6.73 Å². The Labute approximate surface area is 141 Å². The first-order chi connectivity index (χ1) is 11.2. The molecule has 1 rings (SSSR count). The van der Waals surface area contributed by atoms with E-state index in [1.165, 1.54) is 61.5 Å². The highest BCUT2D eigenvalue weighted by atomic mass is 16.3. The van der Waals surface area contributed by atoms with Crippen molar-refractivity contribution < 1.29 is 9.90 Å². The Morgan fingerprint density at radius 3 is 2.09 bits per heavy atom. The van der Waals surface area contributed by atoms with Gasteiger partial charge in [-0.25, -0.2) is 0 Å². The van der Waals surface area contributed by atoms with Crippen molar-refractivity contribution in [3.05, 3.63) is 35.4 Å². The number of hydrogen-bond donors (Lipinski definition) is 1. The van der Waals surface area contributed by atoms with Crippen LogP contribution in [-0.4, -0.2) is 29.2 Å². The molecule has 0 aliphatic rings. The van der Waals surface area contributed by atoms with Gasteiger partial charge in [-0.2, -0.15) is 0 Å². The van der Waals surface area contributed by atoms with E-state index in [1.54, 1.807) is 0 Å². The van der Waals surface area contributed by atoms with Gasteiger partial charge in [0.25, 0.3) is 0 Å². The van der Waals surface area contributed by atoms with Crippen molar-refractivity contribution in [2.24, 2.45) is 0 Å². The summed E-state index contributed by atoms with van der Waals surface area (Å²) in [4.78, 5) is 12.8. The monoisotopic (exact) mass is 319 g/mol. The molecule has 0 radical (unpaired) electrons. The smallest absolute Gasteiger partial charge is 0.221 e. The van der Waals surface area contributed by atoms with E-state index in [2.05, 4.69) is 31.2 Å². The predicted molar refractivity (Wildman–Crippen MR) is 96.3 cm³/mol. The lowest BCUT2D eigenvalue weighted by atomic mass is 9.97. The second-order valence-corrected chi connectivity index (χ2v) is 6.31. The predicted octanol–water partition coefficient (Wildman–Crippen LogP) is 4.32. The molecule has 0 saturated heterocycles. The van der Waals surface area contributed by atoms with Gasteiger partial charge in [-0.3, -0.25) is 4.79 Å². The second-order valence-electron chi connectivity index (χ2n) is 6.31. The number of unbranched alkanes of at least 4 members (excludes halogenated alkanes) is 5. The van der Waals surface area contributed by atoms with Gasteiger partial charge >= 0.3 is 0 Å². The minimum atomic E-state index is -0.186. The highest BCUT2D eigenvalue weighted by Crippen LogP contribution is 2.16. The van der Waals surface area contributed by atoms with E-state index in [1.807, 2.05) is 0 Å². The van der Waals surface area contributed by atoms with Crippen LogP contribution in [0.15, 0.2) is 24.3 Å². The molecule has 23 heavy (non-hydrogen) atoms. The Hall–Kier alpha value is -1.35. The lowest BCUT2D eigenvalue weighted by Gasteiger charge is -2.18. The third kappa shape index (κ3) is 8.17. The maximum atomic E-state index is 11.3. The maximum absolute atomic E-state index is 11.3. The Morgan fingerprint density at radius 2 is 1.52 bits per heavy atom. The summed E-state index contributed by atoms with van der Waals surface area (Å²) in [6, 6.07) is 8.64. The fourth-order valence-electron chi connectivity index (χ4n) is 2.93. The quantitative estimate of drug-likeness (QED) is 0.460. The molecule has 0 aliphatic heterocycles. The minimum Gasteiger partial charge on any atom is -0.376 e. The number of aliphatic hydroxyl groups is 1. The summed E-state index contributed by atoms with van der Waals surface area (Å²) in [7, 11) is 0. The van der Waals surface area contributed by atoms with E-state index in [9.17, 15) is 4.79 Å². The Kier molecular flexibility index (Phi) is 10.4. The highest BCUT2D eigenvalue weighted by Gasteiger charge is 2.07. The van der Waals surface area contributed by atoms with Crippen LogP contribution in [0.5, 0.6) is 0 Å². The number of aliphatic hydroxyl groups excluding tert-OH is 1. The first-order valence-corrected chi connectivity index (χ1v) is 9.12. The zero-order valence-electron chi connectivity index (χ0n) is 14.9. The average molecular weight is 319 g/mol. The average Bonchev–Trinajstić information content (AvgIpc) is 2.55. The summed E-state index contributed by atoms with van der Waals surface area (Å²) >= 11 is 0. The van der Waals surface area contributed by atoms with E-state index in [4.69, 9.17) is 5.11 Å². The third-order valence-electron chi connectivity index (χ3n) is 4.41. The van der Waals surface area contributed by atoms with Crippen LogP contribution in [0.3, 0.4) is 0 Å². The van der Waals surface area contributed by atoms with Crippen LogP contribution in [0.25, 0.3) is 0 Å². The van der Waals surface area contributed by atoms with E-state index in [0.29, 0.717) is 6.54 Å². The first kappa shape index (κ1) is 19.7. The third-order valence-corrected chi connectivity index (χ3v) is 4.41. The van der Waals surface area contributed by atoms with Gasteiger partial charge in [-0.05, 0) is 36.8 Å². The molecule has 1 aromatic carbocycles. The van der Waals surface area contributed by atoms with Crippen molar-refractivity contribution in [3.63, 3.8) is 0 Å². The van der Waals surface area contributed by atoms with Gasteiger partial charge in [0.2, 0.25) is 5.91 Å². The Balaban J connectivity index is 2.36. The normalized spacial score (nSPS) is 10.7. The second kappa shape index (κ2) is 12.1. The van der Waals surface area contributed by atoms with Crippen molar-refractivity contribution in [2.45, 2.75) is 71.6 Å². The number of carbonyl (C=O) groups is 1. The van der Waals surface area contributed by atoms with Crippen molar-refractivity contribution in [1.29, 1.82) is 0 Å². The summed E-state index contributed by atoms with van der Waals surface area (Å²) in [6.07, 6.45) is 11.0. The van der Waals surface area contributed by atoms with Crippen LogP contribution in [-0.2, 0) is 17.6 Å². The summed E-state index contributed by atoms with van der Waals surface area (Å²) in [5.74, 6) is -0.0622. The van der Waals surface area contributed by atoms with Crippen LogP contribution < -0.4 is 0 Å². The van der Waals surface area contributed by atoms with Gasteiger partial charge in [0.05, 0.1) is 0 Å². The first-order valence-electron chi connectivity index (χ1n) is 9.12. The Morgan fingerprint density at radius 1 is 0.957 bits per heavy atom. The number of amides is 1. The fourth-order valence-corrected chi connectivity index (χ4v) is 2.93. The summed E-state index contributed by atoms with van der Waals surface area (Å²) in [6.45, 7) is 4.19. The van der Waals surface area contributed by atoms with Crippen LogP contribution in [0.4, 0.5) is 0 Å². The molecule has 130 valence electrons. The van der Waals surface area contributed by atoms with Crippen LogP contribution in [0.2, 0.25) is 0 Å². The van der Waals surface area contributed by atoms with Gasteiger partial charge in [-0.1, -0.05) is 63.3 Å². The molecule has 0 heterocycles. The molecule has 1 amide bonds. The zero-order chi connectivity index (χ0) is 16.9. The number of aryl methyl sites for hydroxylation is 2. The lowest BCUT2D eigenvalue weighted by Crippen LogP contribution is -2.30. The summed E-state index contributed by atoms with van der Waals surface area (Å²) in [5.41, 5.74) is 2.84.